The first-order valence-corrected chi connectivity index (χ1v) is 7.41. The van der Waals surface area contributed by atoms with E-state index in [9.17, 15) is 5.11 Å². The topological polar surface area (TPSA) is 29.5 Å². The van der Waals surface area contributed by atoms with Gasteiger partial charge in [-0.05, 0) is 70.7 Å². The van der Waals surface area contributed by atoms with Gasteiger partial charge in [-0.1, -0.05) is 18.3 Å². The van der Waals surface area contributed by atoms with E-state index in [0.717, 1.165) is 37.0 Å². The number of aliphatic hydroxyl groups is 1. The Morgan fingerprint density at radius 1 is 1.05 bits per heavy atom. The highest BCUT2D eigenvalue weighted by molar-refractivity contribution is 5.40. The number of benzene rings is 1. The van der Waals surface area contributed by atoms with Crippen molar-refractivity contribution < 1.29 is 9.84 Å². The maximum Gasteiger partial charge on any atom is 0.125 e. The van der Waals surface area contributed by atoms with Crippen molar-refractivity contribution in [1.82, 2.24) is 0 Å². The molecule has 2 nitrogen and oxygen atoms in total. The van der Waals surface area contributed by atoms with E-state index in [1.165, 1.54) is 6.42 Å². The van der Waals surface area contributed by atoms with Crippen LogP contribution in [-0.4, -0.2) is 16.3 Å². The lowest BCUT2D eigenvalue weighted by molar-refractivity contribution is 0.0610. The Morgan fingerprint density at radius 2 is 1.65 bits per heavy atom. The van der Waals surface area contributed by atoms with Crippen LogP contribution in [0.5, 0.6) is 5.75 Å². The van der Waals surface area contributed by atoms with E-state index in [-0.39, 0.29) is 5.60 Å². The third-order valence-corrected chi connectivity index (χ3v) is 3.40. The van der Waals surface area contributed by atoms with Gasteiger partial charge in [0.05, 0.1) is 0 Å². The Morgan fingerprint density at radius 3 is 2.20 bits per heavy atom. The van der Waals surface area contributed by atoms with Crippen LogP contribution in [0.2, 0.25) is 0 Å². The molecule has 1 saturated carbocycles. The predicted octanol–water partition coefficient (Wildman–Crippen LogP) is 3.91. The molecule has 0 spiro atoms. The van der Waals surface area contributed by atoms with Crippen LogP contribution >= 0.6 is 0 Å². The molecule has 108 valence electrons. The van der Waals surface area contributed by atoms with E-state index in [2.05, 4.69) is 11.8 Å². The van der Waals surface area contributed by atoms with Crippen LogP contribution in [0.4, 0.5) is 0 Å². The van der Waals surface area contributed by atoms with Crippen LogP contribution in [0.25, 0.3) is 0 Å². The first kappa shape index (κ1) is 14.9. The molecule has 20 heavy (non-hydrogen) atoms. The quantitative estimate of drug-likeness (QED) is 0.785. The van der Waals surface area contributed by atoms with Gasteiger partial charge in [0.15, 0.2) is 0 Å². The predicted molar refractivity (Wildman–Crippen MR) is 81.7 cm³/mol. The molecule has 1 aliphatic carbocycles. The van der Waals surface area contributed by atoms with Crippen molar-refractivity contribution in [1.29, 1.82) is 0 Å². The molecule has 0 aromatic heterocycles. The van der Waals surface area contributed by atoms with E-state index in [0.29, 0.717) is 0 Å². The molecule has 0 radical (unpaired) electrons. The molecular weight excluding hydrogens is 248 g/mol. The molecule has 1 fully saturated rings. The molecule has 2 rings (SSSR count). The minimum Gasteiger partial charge on any atom is -0.488 e. The Balaban J connectivity index is 2.04. The van der Waals surface area contributed by atoms with Crippen molar-refractivity contribution in [2.75, 3.05) is 0 Å². The lowest BCUT2D eigenvalue weighted by Gasteiger charge is -2.26. The van der Waals surface area contributed by atoms with Crippen LogP contribution in [0.15, 0.2) is 24.3 Å². The largest absolute Gasteiger partial charge is 0.488 e. The molecule has 0 aliphatic heterocycles. The fourth-order valence-corrected chi connectivity index (χ4v) is 2.41. The first-order chi connectivity index (χ1) is 9.36. The van der Waals surface area contributed by atoms with Crippen molar-refractivity contribution >= 4 is 0 Å². The third-order valence-electron chi connectivity index (χ3n) is 3.40. The minimum absolute atomic E-state index is 0.190. The maximum atomic E-state index is 10.3. The van der Waals surface area contributed by atoms with Gasteiger partial charge in [-0.15, -0.1) is 0 Å². The zero-order valence-corrected chi connectivity index (χ0v) is 12.7. The summed E-state index contributed by atoms with van der Waals surface area (Å²) in [4.78, 5) is 0. The van der Waals surface area contributed by atoms with Crippen molar-refractivity contribution in [2.45, 2.75) is 64.1 Å². The van der Waals surface area contributed by atoms with E-state index in [1.807, 2.05) is 45.0 Å². The smallest absolute Gasteiger partial charge is 0.125 e. The van der Waals surface area contributed by atoms with Crippen LogP contribution in [0.3, 0.4) is 0 Å². The average Bonchev–Trinajstić information content (AvgIpc) is 2.37. The summed E-state index contributed by atoms with van der Waals surface area (Å²) < 4.78 is 5.77. The molecule has 0 atom stereocenters. The highest BCUT2D eigenvalue weighted by Crippen LogP contribution is 2.27. The number of hydrogen-bond donors (Lipinski definition) is 1. The van der Waals surface area contributed by atoms with Crippen LogP contribution in [-0.2, 0) is 0 Å². The SMILES string of the molecule is CC(C)(C)Oc1ccc(C#CC2(O)CCCCC2)cc1. The Labute approximate surface area is 122 Å². The third kappa shape index (κ3) is 4.58. The molecule has 1 N–H and O–H groups in total. The molecule has 0 amide bonds. The fraction of sp³-hybridized carbons (Fsp3) is 0.556. The second kappa shape index (κ2) is 5.89. The van der Waals surface area contributed by atoms with Gasteiger partial charge in [-0.2, -0.15) is 0 Å². The summed E-state index contributed by atoms with van der Waals surface area (Å²) in [6, 6.07) is 7.75. The number of rotatable bonds is 1. The molecule has 2 heteroatoms. The van der Waals surface area contributed by atoms with Crippen molar-refractivity contribution in [3.8, 4) is 17.6 Å². The van der Waals surface area contributed by atoms with E-state index in [1.54, 1.807) is 0 Å². The molecule has 0 saturated heterocycles. The lowest BCUT2D eigenvalue weighted by Crippen LogP contribution is -2.29. The van der Waals surface area contributed by atoms with Crippen molar-refractivity contribution in [3.63, 3.8) is 0 Å². The fourth-order valence-electron chi connectivity index (χ4n) is 2.41. The number of hydrogen-bond acceptors (Lipinski definition) is 2. The van der Waals surface area contributed by atoms with Crippen molar-refractivity contribution in [3.05, 3.63) is 29.8 Å². The van der Waals surface area contributed by atoms with Crippen LogP contribution in [0, 0.1) is 11.8 Å². The van der Waals surface area contributed by atoms with Gasteiger partial charge in [0.2, 0.25) is 0 Å². The van der Waals surface area contributed by atoms with Gasteiger partial charge < -0.3 is 9.84 Å². The monoisotopic (exact) mass is 272 g/mol. The molecule has 0 bridgehead atoms. The Kier molecular flexibility index (Phi) is 4.40. The summed E-state index contributed by atoms with van der Waals surface area (Å²) >= 11 is 0. The summed E-state index contributed by atoms with van der Waals surface area (Å²) in [6.07, 6.45) is 4.95. The van der Waals surface area contributed by atoms with Crippen molar-refractivity contribution in [2.24, 2.45) is 0 Å². The van der Waals surface area contributed by atoms with E-state index >= 15 is 0 Å². The average molecular weight is 272 g/mol. The molecule has 0 heterocycles. The summed E-state index contributed by atoms with van der Waals surface area (Å²) in [5.41, 5.74) is -0.0474. The summed E-state index contributed by atoms with van der Waals surface area (Å²) in [5.74, 6) is 6.98. The molecule has 1 aliphatic rings. The Bertz CT molecular complexity index is 491. The minimum atomic E-state index is -0.779. The van der Waals surface area contributed by atoms with E-state index < -0.39 is 5.60 Å². The molecular formula is C18H24O2. The van der Waals surface area contributed by atoms with E-state index in [4.69, 9.17) is 4.74 Å². The van der Waals surface area contributed by atoms with Gasteiger partial charge in [0.25, 0.3) is 0 Å². The maximum absolute atomic E-state index is 10.3. The normalized spacial score (nSPS) is 18.0. The second-order valence-electron chi connectivity index (χ2n) is 6.58. The zero-order chi connectivity index (χ0) is 14.6. The van der Waals surface area contributed by atoms with Crippen LogP contribution in [0.1, 0.15) is 58.4 Å². The standard InChI is InChI=1S/C18H24O2/c1-17(2,3)20-16-9-7-15(8-10-16)11-14-18(19)12-5-4-6-13-18/h7-10,19H,4-6,12-13H2,1-3H3. The van der Waals surface area contributed by atoms with Gasteiger partial charge >= 0.3 is 0 Å². The molecule has 0 unspecified atom stereocenters. The molecule has 1 aromatic rings. The summed E-state index contributed by atoms with van der Waals surface area (Å²) in [5, 5.41) is 10.3. The first-order valence-electron chi connectivity index (χ1n) is 7.41. The Hall–Kier alpha value is -1.46. The summed E-state index contributed by atoms with van der Waals surface area (Å²) in [7, 11) is 0. The van der Waals surface area contributed by atoms with Gasteiger partial charge in [0.1, 0.15) is 17.0 Å². The van der Waals surface area contributed by atoms with Crippen LogP contribution < -0.4 is 4.74 Å². The van der Waals surface area contributed by atoms with Gasteiger partial charge in [0, 0.05) is 5.56 Å². The lowest BCUT2D eigenvalue weighted by atomic mass is 9.85. The molecule has 1 aromatic carbocycles. The second-order valence-corrected chi connectivity index (χ2v) is 6.58. The van der Waals surface area contributed by atoms with Gasteiger partial charge in [-0.3, -0.25) is 0 Å². The van der Waals surface area contributed by atoms with Gasteiger partial charge in [-0.25, -0.2) is 0 Å². The zero-order valence-electron chi connectivity index (χ0n) is 12.7. The highest BCUT2D eigenvalue weighted by Gasteiger charge is 2.26. The summed E-state index contributed by atoms with van der Waals surface area (Å²) in [6.45, 7) is 6.08. The number of ether oxygens (including phenoxy) is 1. The highest BCUT2D eigenvalue weighted by atomic mass is 16.5.